The van der Waals surface area contributed by atoms with E-state index in [2.05, 4.69) is 15.3 Å². The minimum atomic E-state index is -3.59. The summed E-state index contributed by atoms with van der Waals surface area (Å²) in [5.41, 5.74) is 1.09. The van der Waals surface area contributed by atoms with Crippen molar-refractivity contribution in [2.75, 3.05) is 24.2 Å². The Bertz CT molecular complexity index is 854. The van der Waals surface area contributed by atoms with Gasteiger partial charge in [0, 0.05) is 31.2 Å². The summed E-state index contributed by atoms with van der Waals surface area (Å²) in [5, 5.41) is 3.24. The molecule has 0 saturated heterocycles. The van der Waals surface area contributed by atoms with Gasteiger partial charge >= 0.3 is 0 Å². The number of aryl methyl sites for hydroxylation is 1. The van der Waals surface area contributed by atoms with E-state index in [-0.39, 0.29) is 16.6 Å². The fourth-order valence-corrected chi connectivity index (χ4v) is 4.66. The van der Waals surface area contributed by atoms with E-state index in [1.807, 2.05) is 0 Å². The number of carbonyl (C=O) groups is 1. The molecule has 0 saturated carbocycles. The van der Waals surface area contributed by atoms with Crippen molar-refractivity contribution in [2.45, 2.75) is 30.8 Å². The van der Waals surface area contributed by atoms with Crippen LogP contribution in [0.1, 0.15) is 19.4 Å². The molecular weight excluding hydrogens is 372 g/mol. The van der Waals surface area contributed by atoms with Gasteiger partial charge in [-0.05, 0) is 30.7 Å². The van der Waals surface area contributed by atoms with Gasteiger partial charge < -0.3 is 5.32 Å². The van der Waals surface area contributed by atoms with Gasteiger partial charge in [0.1, 0.15) is 0 Å². The van der Waals surface area contributed by atoms with Gasteiger partial charge in [-0.1, -0.05) is 31.7 Å². The van der Waals surface area contributed by atoms with Crippen LogP contribution in [0.5, 0.6) is 0 Å². The highest BCUT2D eigenvalue weighted by atomic mass is 32.2. The zero-order chi connectivity index (χ0) is 19.2. The van der Waals surface area contributed by atoms with E-state index in [1.165, 1.54) is 22.1 Å². The van der Waals surface area contributed by atoms with Gasteiger partial charge in [0.15, 0.2) is 5.16 Å². The first-order chi connectivity index (χ1) is 12.4. The van der Waals surface area contributed by atoms with Crippen molar-refractivity contribution in [3.05, 3.63) is 42.2 Å². The summed E-state index contributed by atoms with van der Waals surface area (Å²) < 4.78 is 26.9. The Labute approximate surface area is 158 Å². The molecule has 0 radical (unpaired) electrons. The van der Waals surface area contributed by atoms with Gasteiger partial charge in [0.25, 0.3) is 0 Å². The molecule has 0 spiro atoms. The number of nitrogens with one attached hydrogen (secondary N) is 1. The molecule has 0 aliphatic rings. The van der Waals surface area contributed by atoms with Crippen molar-refractivity contribution in [2.24, 2.45) is 0 Å². The quantitative estimate of drug-likeness (QED) is 0.546. The Morgan fingerprint density at radius 3 is 2.46 bits per heavy atom. The molecule has 0 bridgehead atoms. The van der Waals surface area contributed by atoms with Crippen LogP contribution in [0, 0.1) is 6.92 Å². The lowest BCUT2D eigenvalue weighted by Gasteiger charge is -2.20. The fourth-order valence-electron chi connectivity index (χ4n) is 2.35. The summed E-state index contributed by atoms with van der Waals surface area (Å²) in [6.07, 6.45) is 3.22. The Balaban J connectivity index is 2.12. The van der Waals surface area contributed by atoms with Gasteiger partial charge in [-0.2, -0.15) is 4.31 Å². The number of thioether (sulfide) groups is 1. The number of hydrogen-bond donors (Lipinski definition) is 1. The van der Waals surface area contributed by atoms with Crippen molar-refractivity contribution in [3.8, 4) is 0 Å². The number of benzene rings is 1. The molecule has 1 heterocycles. The van der Waals surface area contributed by atoms with Crippen molar-refractivity contribution >= 4 is 33.4 Å². The Morgan fingerprint density at radius 1 is 1.19 bits per heavy atom. The molecule has 7 nitrogen and oxygen atoms in total. The van der Waals surface area contributed by atoms with Crippen LogP contribution in [0.4, 0.5) is 5.69 Å². The topological polar surface area (TPSA) is 92.3 Å². The molecule has 0 aliphatic carbocycles. The zero-order valence-corrected chi connectivity index (χ0v) is 16.6. The maximum Gasteiger partial charge on any atom is 0.243 e. The smallest absolute Gasteiger partial charge is 0.243 e. The largest absolute Gasteiger partial charge is 0.325 e. The van der Waals surface area contributed by atoms with E-state index < -0.39 is 10.0 Å². The maximum absolute atomic E-state index is 12.8. The molecule has 0 fully saturated rings. The first-order valence-corrected chi connectivity index (χ1v) is 10.6. The monoisotopic (exact) mass is 394 g/mol. The van der Waals surface area contributed by atoms with Crippen molar-refractivity contribution in [1.82, 2.24) is 14.3 Å². The lowest BCUT2D eigenvalue weighted by atomic mass is 10.2. The molecule has 1 aromatic heterocycles. The molecule has 0 aliphatic heterocycles. The number of amides is 1. The maximum atomic E-state index is 12.8. The van der Waals surface area contributed by atoms with Crippen LogP contribution in [-0.2, 0) is 14.8 Å². The van der Waals surface area contributed by atoms with Crippen LogP contribution in [0.3, 0.4) is 0 Å². The highest BCUT2D eigenvalue weighted by Crippen LogP contribution is 2.24. The Hall–Kier alpha value is -1.97. The van der Waals surface area contributed by atoms with E-state index >= 15 is 0 Å². The summed E-state index contributed by atoms with van der Waals surface area (Å²) in [6, 6.07) is 6.59. The second kappa shape index (κ2) is 9.11. The first kappa shape index (κ1) is 20.3. The molecule has 2 rings (SSSR count). The van der Waals surface area contributed by atoms with Crippen LogP contribution < -0.4 is 5.32 Å². The van der Waals surface area contributed by atoms with Crippen LogP contribution in [0.15, 0.2) is 46.7 Å². The van der Waals surface area contributed by atoms with E-state index in [4.69, 9.17) is 0 Å². The summed E-state index contributed by atoms with van der Waals surface area (Å²) in [5.74, 6) is -0.117. The van der Waals surface area contributed by atoms with E-state index in [1.54, 1.807) is 51.4 Å². The van der Waals surface area contributed by atoms with Crippen molar-refractivity contribution in [1.29, 1.82) is 0 Å². The third kappa shape index (κ3) is 5.03. The molecule has 0 unspecified atom stereocenters. The molecule has 1 aromatic carbocycles. The number of sulfonamides is 1. The molecule has 26 heavy (non-hydrogen) atoms. The number of carbonyl (C=O) groups excluding carboxylic acids is 1. The molecular formula is C17H22N4O3S2. The van der Waals surface area contributed by atoms with E-state index in [9.17, 15) is 13.2 Å². The number of aromatic nitrogens is 2. The van der Waals surface area contributed by atoms with Crippen LogP contribution in [-0.4, -0.2) is 47.4 Å². The molecule has 140 valence electrons. The fraction of sp³-hybridized carbons (Fsp3) is 0.353. The second-order valence-corrected chi connectivity index (χ2v) is 8.29. The normalized spacial score (nSPS) is 11.5. The molecule has 0 atom stereocenters. The lowest BCUT2D eigenvalue weighted by molar-refractivity contribution is -0.113. The van der Waals surface area contributed by atoms with Crippen LogP contribution in [0.25, 0.3) is 0 Å². The summed E-state index contributed by atoms with van der Waals surface area (Å²) in [4.78, 5) is 20.4. The van der Waals surface area contributed by atoms with Gasteiger partial charge in [0.05, 0.1) is 10.6 Å². The Kier molecular flexibility index (Phi) is 7.13. The highest BCUT2D eigenvalue weighted by Gasteiger charge is 2.24. The minimum Gasteiger partial charge on any atom is -0.325 e. The van der Waals surface area contributed by atoms with Gasteiger partial charge in [-0.25, -0.2) is 18.4 Å². The molecule has 1 N–H and O–H groups in total. The molecule has 2 aromatic rings. The first-order valence-electron chi connectivity index (χ1n) is 8.19. The zero-order valence-electron chi connectivity index (χ0n) is 15.0. The predicted molar refractivity (Wildman–Crippen MR) is 103 cm³/mol. The number of hydrogen-bond acceptors (Lipinski definition) is 6. The van der Waals surface area contributed by atoms with Gasteiger partial charge in [0.2, 0.25) is 15.9 Å². The van der Waals surface area contributed by atoms with Crippen LogP contribution in [0.2, 0.25) is 0 Å². The standard InChI is InChI=1S/C17H22N4O3S2/c1-4-21(5-2)26(23,24)15-11-14(8-7-13(15)3)20-16(22)12-25-17-18-9-6-10-19-17/h6-11H,4-5,12H2,1-3H3,(H,20,22). The van der Waals surface area contributed by atoms with E-state index in [0.29, 0.717) is 29.5 Å². The number of nitrogens with zero attached hydrogens (tertiary/aromatic N) is 3. The summed E-state index contributed by atoms with van der Waals surface area (Å²) in [6.45, 7) is 6.12. The summed E-state index contributed by atoms with van der Waals surface area (Å²) in [7, 11) is -3.59. The van der Waals surface area contributed by atoms with Crippen molar-refractivity contribution < 1.29 is 13.2 Å². The third-order valence-electron chi connectivity index (χ3n) is 3.67. The average molecular weight is 395 g/mol. The predicted octanol–water partition coefficient (Wildman–Crippen LogP) is 2.55. The minimum absolute atomic E-state index is 0.135. The number of rotatable bonds is 8. The van der Waals surface area contributed by atoms with Gasteiger partial charge in [-0.3, -0.25) is 4.79 Å². The third-order valence-corrected chi connectivity index (χ3v) is 6.74. The van der Waals surface area contributed by atoms with Crippen molar-refractivity contribution in [3.63, 3.8) is 0 Å². The average Bonchev–Trinajstić information content (AvgIpc) is 2.63. The number of anilines is 1. The molecule has 1 amide bonds. The van der Waals surface area contributed by atoms with Crippen LogP contribution >= 0.6 is 11.8 Å². The summed E-state index contributed by atoms with van der Waals surface area (Å²) >= 11 is 1.21. The second-order valence-electron chi connectivity index (χ2n) is 5.44. The highest BCUT2D eigenvalue weighted by molar-refractivity contribution is 7.99. The van der Waals surface area contributed by atoms with E-state index in [0.717, 1.165) is 0 Å². The SMILES string of the molecule is CCN(CC)S(=O)(=O)c1cc(NC(=O)CSc2ncccn2)ccc1C. The lowest BCUT2D eigenvalue weighted by Crippen LogP contribution is -2.31. The molecule has 9 heteroatoms. The van der Waals surface area contributed by atoms with Gasteiger partial charge in [-0.15, -0.1) is 0 Å². The Morgan fingerprint density at radius 2 is 1.85 bits per heavy atom.